The van der Waals surface area contributed by atoms with Crippen molar-refractivity contribution in [1.82, 2.24) is 9.38 Å². The largest absolute Gasteiger partial charge is 0.269 e. The van der Waals surface area contributed by atoms with Gasteiger partial charge in [-0.15, -0.1) is 11.3 Å². The molecule has 0 bridgehead atoms. The summed E-state index contributed by atoms with van der Waals surface area (Å²) in [6.07, 6.45) is 2.53. The molecular weight excluding hydrogens is 244 g/mol. The smallest absolute Gasteiger partial charge is 0.258 e. The zero-order chi connectivity index (χ0) is 12.5. The van der Waals surface area contributed by atoms with E-state index in [-0.39, 0.29) is 5.56 Å². The van der Waals surface area contributed by atoms with Crippen LogP contribution in [0.1, 0.15) is 16.1 Å². The minimum Gasteiger partial charge on any atom is -0.269 e. The minimum atomic E-state index is -0.00437. The van der Waals surface area contributed by atoms with Crippen molar-refractivity contribution in [2.45, 2.75) is 13.3 Å². The number of hydrogen-bond acceptors (Lipinski definition) is 3. The lowest BCUT2D eigenvalue weighted by Gasteiger charge is -2.01. The number of thiazole rings is 1. The van der Waals surface area contributed by atoms with Gasteiger partial charge >= 0.3 is 0 Å². The molecule has 1 aromatic carbocycles. The number of hydrogen-bond donors (Lipinski definition) is 0. The lowest BCUT2D eigenvalue weighted by Crippen LogP contribution is -2.13. The van der Waals surface area contributed by atoms with Gasteiger partial charge in [0.15, 0.2) is 4.96 Å². The van der Waals surface area contributed by atoms with Crippen molar-refractivity contribution in [1.29, 1.82) is 0 Å². The van der Waals surface area contributed by atoms with Gasteiger partial charge in [0.25, 0.3) is 5.56 Å². The molecule has 0 unspecified atom stereocenters. The summed E-state index contributed by atoms with van der Waals surface area (Å²) in [7, 11) is 0. The highest BCUT2D eigenvalue weighted by Gasteiger charge is 2.05. The number of aromatic nitrogens is 2. The predicted octanol–water partition coefficient (Wildman–Crippen LogP) is 2.66. The fourth-order valence-electron chi connectivity index (χ4n) is 1.95. The molecule has 0 atom stereocenters. The third-order valence-corrected chi connectivity index (χ3v) is 3.66. The average Bonchev–Trinajstić information content (AvgIpc) is 2.72. The molecule has 3 rings (SSSR count). The highest BCUT2D eigenvalue weighted by atomic mass is 32.1. The van der Waals surface area contributed by atoms with Gasteiger partial charge in [0, 0.05) is 23.6 Å². The Morgan fingerprint density at radius 3 is 2.83 bits per heavy atom. The Morgan fingerprint density at radius 2 is 2.06 bits per heavy atom. The first kappa shape index (κ1) is 11.2. The first-order valence-corrected chi connectivity index (χ1v) is 6.57. The SMILES string of the molecule is Cc1cn2c(=O)cc(Cc3ccccc3)nc2s1. The first-order valence-electron chi connectivity index (χ1n) is 5.75. The molecule has 0 fully saturated rings. The molecule has 0 radical (unpaired) electrons. The number of fused-ring (bicyclic) bond motifs is 1. The molecule has 0 saturated carbocycles. The van der Waals surface area contributed by atoms with Gasteiger partial charge in [0.1, 0.15) is 0 Å². The Balaban J connectivity index is 2.05. The number of benzene rings is 1. The Bertz CT molecular complexity index is 743. The zero-order valence-corrected chi connectivity index (χ0v) is 10.8. The molecule has 0 saturated heterocycles. The maximum atomic E-state index is 11.9. The third-order valence-electron chi connectivity index (χ3n) is 2.76. The van der Waals surface area contributed by atoms with Crippen molar-refractivity contribution >= 4 is 16.3 Å². The Morgan fingerprint density at radius 1 is 1.28 bits per heavy atom. The maximum Gasteiger partial charge on any atom is 0.258 e. The third kappa shape index (κ3) is 2.07. The highest BCUT2D eigenvalue weighted by molar-refractivity contribution is 7.16. The van der Waals surface area contributed by atoms with Gasteiger partial charge in [0.2, 0.25) is 0 Å². The normalized spacial score (nSPS) is 10.9. The predicted molar refractivity (Wildman–Crippen MR) is 73.3 cm³/mol. The minimum absolute atomic E-state index is 0.00437. The van der Waals surface area contributed by atoms with Crippen LogP contribution < -0.4 is 5.56 Å². The van der Waals surface area contributed by atoms with Crippen molar-refractivity contribution in [3.05, 3.63) is 69.1 Å². The van der Waals surface area contributed by atoms with Crippen molar-refractivity contribution in [2.75, 3.05) is 0 Å². The lowest BCUT2D eigenvalue weighted by molar-refractivity contribution is 1.00. The van der Waals surface area contributed by atoms with E-state index < -0.39 is 0 Å². The molecule has 4 heteroatoms. The summed E-state index contributed by atoms with van der Waals surface area (Å²) in [5.74, 6) is 0. The van der Waals surface area contributed by atoms with Crippen LogP contribution in [0.15, 0.2) is 47.4 Å². The van der Waals surface area contributed by atoms with Crippen molar-refractivity contribution in [3.63, 3.8) is 0 Å². The van der Waals surface area contributed by atoms with Crippen LogP contribution in [0.2, 0.25) is 0 Å². The second kappa shape index (κ2) is 4.38. The first-order chi connectivity index (χ1) is 8.72. The molecule has 90 valence electrons. The molecule has 2 heterocycles. The van der Waals surface area contributed by atoms with Gasteiger partial charge in [-0.25, -0.2) is 4.98 Å². The Kier molecular flexibility index (Phi) is 2.72. The van der Waals surface area contributed by atoms with E-state index in [1.807, 2.05) is 43.5 Å². The van der Waals surface area contributed by atoms with Crippen LogP contribution in [0.5, 0.6) is 0 Å². The summed E-state index contributed by atoms with van der Waals surface area (Å²) in [4.78, 5) is 18.3. The summed E-state index contributed by atoms with van der Waals surface area (Å²) >= 11 is 1.54. The maximum absolute atomic E-state index is 11.9. The number of nitrogens with zero attached hydrogens (tertiary/aromatic N) is 2. The van der Waals surface area contributed by atoms with Crippen LogP contribution in [0, 0.1) is 6.92 Å². The summed E-state index contributed by atoms with van der Waals surface area (Å²) in [5, 5.41) is 0. The lowest BCUT2D eigenvalue weighted by atomic mass is 10.1. The molecule has 18 heavy (non-hydrogen) atoms. The number of rotatable bonds is 2. The van der Waals surface area contributed by atoms with Crippen LogP contribution in [-0.4, -0.2) is 9.38 Å². The highest BCUT2D eigenvalue weighted by Crippen LogP contribution is 2.14. The second-order valence-electron chi connectivity index (χ2n) is 4.24. The van der Waals surface area contributed by atoms with E-state index in [0.29, 0.717) is 6.42 Å². The molecule has 0 N–H and O–H groups in total. The second-order valence-corrected chi connectivity index (χ2v) is 5.46. The fourth-order valence-corrected chi connectivity index (χ4v) is 2.80. The van der Waals surface area contributed by atoms with Gasteiger partial charge in [-0.1, -0.05) is 30.3 Å². The van der Waals surface area contributed by atoms with Gasteiger partial charge in [-0.05, 0) is 12.5 Å². The monoisotopic (exact) mass is 256 g/mol. The van der Waals surface area contributed by atoms with Crippen LogP contribution in [0.4, 0.5) is 0 Å². The van der Waals surface area contributed by atoms with Gasteiger partial charge in [-0.3, -0.25) is 9.20 Å². The summed E-state index contributed by atoms with van der Waals surface area (Å²) in [6.45, 7) is 1.98. The van der Waals surface area contributed by atoms with Gasteiger partial charge < -0.3 is 0 Å². The van der Waals surface area contributed by atoms with Crippen LogP contribution in [-0.2, 0) is 6.42 Å². The quantitative estimate of drug-likeness (QED) is 0.706. The van der Waals surface area contributed by atoms with E-state index in [2.05, 4.69) is 4.98 Å². The topological polar surface area (TPSA) is 34.4 Å². The van der Waals surface area contributed by atoms with Crippen molar-refractivity contribution < 1.29 is 0 Å². The molecule has 2 aromatic heterocycles. The Labute approximate surface area is 108 Å². The summed E-state index contributed by atoms with van der Waals surface area (Å²) in [5.41, 5.74) is 1.99. The summed E-state index contributed by atoms with van der Waals surface area (Å²) < 4.78 is 1.61. The molecule has 0 aliphatic rings. The average molecular weight is 256 g/mol. The van der Waals surface area contributed by atoms with Crippen molar-refractivity contribution in [3.8, 4) is 0 Å². The van der Waals surface area contributed by atoms with E-state index in [1.165, 1.54) is 5.56 Å². The van der Waals surface area contributed by atoms with E-state index in [0.717, 1.165) is 15.5 Å². The molecule has 0 aliphatic heterocycles. The van der Waals surface area contributed by atoms with Crippen LogP contribution >= 0.6 is 11.3 Å². The van der Waals surface area contributed by atoms with E-state index in [9.17, 15) is 4.79 Å². The van der Waals surface area contributed by atoms with Crippen LogP contribution in [0.25, 0.3) is 4.96 Å². The summed E-state index contributed by atoms with van der Waals surface area (Å²) in [6, 6.07) is 11.7. The van der Waals surface area contributed by atoms with Crippen LogP contribution in [0.3, 0.4) is 0 Å². The molecular formula is C14H12N2OS. The van der Waals surface area contributed by atoms with Gasteiger partial charge in [0.05, 0.1) is 5.69 Å². The van der Waals surface area contributed by atoms with Gasteiger partial charge in [-0.2, -0.15) is 0 Å². The van der Waals surface area contributed by atoms with E-state index >= 15 is 0 Å². The van der Waals surface area contributed by atoms with E-state index in [4.69, 9.17) is 0 Å². The zero-order valence-electron chi connectivity index (χ0n) is 9.96. The van der Waals surface area contributed by atoms with E-state index in [1.54, 1.807) is 21.8 Å². The molecule has 0 amide bonds. The molecule has 3 aromatic rings. The standard InChI is InChI=1S/C14H12N2OS/c1-10-9-16-13(17)8-12(15-14(16)18-10)7-11-5-3-2-4-6-11/h2-6,8-9H,7H2,1H3. The number of aryl methyl sites for hydroxylation is 1. The molecule has 0 aliphatic carbocycles. The molecule has 3 nitrogen and oxygen atoms in total. The van der Waals surface area contributed by atoms with Crippen molar-refractivity contribution in [2.24, 2.45) is 0 Å². The Hall–Kier alpha value is -1.94. The molecule has 0 spiro atoms. The fraction of sp³-hybridized carbons (Fsp3) is 0.143.